The summed E-state index contributed by atoms with van der Waals surface area (Å²) < 4.78 is 18.6. The van der Waals surface area contributed by atoms with E-state index in [4.69, 9.17) is 13.6 Å². The van der Waals surface area contributed by atoms with Crippen LogP contribution in [-0.2, 0) is 16.1 Å². The van der Waals surface area contributed by atoms with Gasteiger partial charge in [-0.25, -0.2) is 0 Å². The van der Waals surface area contributed by atoms with Gasteiger partial charge in [0.05, 0.1) is 0 Å². The lowest BCUT2D eigenvalue weighted by Gasteiger charge is -2.38. The van der Waals surface area contributed by atoms with E-state index in [0.29, 0.717) is 6.42 Å². The van der Waals surface area contributed by atoms with Gasteiger partial charge in [0.15, 0.2) is 0 Å². The molecular formula is C24H44O4Si2. The molecule has 4 nitrogen and oxygen atoms in total. The Kier molecular flexibility index (Phi) is 8.83. The molecule has 0 aromatic heterocycles. The van der Waals surface area contributed by atoms with E-state index >= 15 is 0 Å². The molecule has 1 aromatic carbocycles. The van der Waals surface area contributed by atoms with E-state index in [-0.39, 0.29) is 22.7 Å². The van der Waals surface area contributed by atoms with Gasteiger partial charge in [0.25, 0.3) is 0 Å². The minimum atomic E-state index is -2.00. The molecule has 0 atom stereocenters. The molecule has 0 bridgehead atoms. The van der Waals surface area contributed by atoms with Crippen molar-refractivity contribution in [1.82, 2.24) is 0 Å². The normalized spacial score (nSPS) is 13.2. The first kappa shape index (κ1) is 26.8. The van der Waals surface area contributed by atoms with Gasteiger partial charge in [0.1, 0.15) is 18.1 Å². The molecule has 0 amide bonds. The number of unbranched alkanes of at least 4 members (excludes halogenated alkanes) is 1. The summed E-state index contributed by atoms with van der Waals surface area (Å²) >= 11 is 0. The van der Waals surface area contributed by atoms with Crippen molar-refractivity contribution < 1.29 is 18.4 Å². The summed E-state index contributed by atoms with van der Waals surface area (Å²) in [6, 6.07) is 5.99. The lowest BCUT2D eigenvalue weighted by atomic mass is 10.2. The van der Waals surface area contributed by atoms with Crippen LogP contribution in [0.3, 0.4) is 0 Å². The average Bonchev–Trinajstić information content (AvgIpc) is 2.55. The fraction of sp³-hybridized carbons (Fsp3) is 0.708. The number of hydrogen-bond donors (Lipinski definition) is 0. The van der Waals surface area contributed by atoms with Gasteiger partial charge in [-0.15, -0.1) is 0 Å². The maximum absolute atomic E-state index is 12.0. The highest BCUT2D eigenvalue weighted by atomic mass is 28.4. The van der Waals surface area contributed by atoms with E-state index in [2.05, 4.69) is 74.7 Å². The Hall–Kier alpha value is -1.28. The topological polar surface area (TPSA) is 44.8 Å². The van der Waals surface area contributed by atoms with Crippen LogP contribution >= 0.6 is 0 Å². The molecule has 30 heavy (non-hydrogen) atoms. The summed E-state index contributed by atoms with van der Waals surface area (Å²) in [5, 5.41) is 0.187. The van der Waals surface area contributed by atoms with E-state index in [1.807, 2.05) is 18.2 Å². The van der Waals surface area contributed by atoms with Crippen molar-refractivity contribution in [3.05, 3.63) is 23.8 Å². The van der Waals surface area contributed by atoms with Gasteiger partial charge in [-0.2, -0.15) is 0 Å². The number of hydrogen-bond acceptors (Lipinski definition) is 4. The van der Waals surface area contributed by atoms with Gasteiger partial charge in [-0.1, -0.05) is 54.9 Å². The minimum Gasteiger partial charge on any atom is -0.543 e. The van der Waals surface area contributed by atoms with Crippen LogP contribution in [-0.4, -0.2) is 22.6 Å². The summed E-state index contributed by atoms with van der Waals surface area (Å²) in [6.07, 6.45) is 2.30. The zero-order chi connectivity index (χ0) is 23.4. The third-order valence-corrected chi connectivity index (χ3v) is 15.1. The highest BCUT2D eigenvalue weighted by Gasteiger charge is 2.40. The molecule has 1 rings (SSSR count). The largest absolute Gasteiger partial charge is 0.543 e. The number of carbonyl (C=O) groups excluding carboxylic acids is 1. The monoisotopic (exact) mass is 452 g/mol. The summed E-state index contributed by atoms with van der Waals surface area (Å²) in [6.45, 7) is 24.6. The van der Waals surface area contributed by atoms with Crippen LogP contribution in [0.5, 0.6) is 11.5 Å². The third kappa shape index (κ3) is 7.76. The number of carbonyl (C=O) groups is 1. The van der Waals surface area contributed by atoms with Gasteiger partial charge in [-0.05, 0) is 60.4 Å². The fourth-order valence-corrected chi connectivity index (χ4v) is 4.31. The molecule has 1 aromatic rings. The number of benzene rings is 1. The van der Waals surface area contributed by atoms with Crippen molar-refractivity contribution >= 4 is 22.6 Å². The first-order valence-corrected chi connectivity index (χ1v) is 17.0. The van der Waals surface area contributed by atoms with Crippen molar-refractivity contribution in [2.24, 2.45) is 0 Å². The van der Waals surface area contributed by atoms with Crippen LogP contribution in [0.2, 0.25) is 36.3 Å². The molecule has 0 spiro atoms. The molecule has 0 unspecified atom stereocenters. The van der Waals surface area contributed by atoms with Gasteiger partial charge in [-0.3, -0.25) is 4.79 Å². The maximum Gasteiger partial charge on any atom is 0.306 e. The molecule has 0 aliphatic carbocycles. The van der Waals surface area contributed by atoms with Crippen LogP contribution in [0.15, 0.2) is 18.2 Å². The van der Waals surface area contributed by atoms with Crippen molar-refractivity contribution in [3.63, 3.8) is 0 Å². The molecule has 0 fully saturated rings. The highest BCUT2D eigenvalue weighted by molar-refractivity contribution is 6.75. The van der Waals surface area contributed by atoms with Crippen LogP contribution in [0.25, 0.3) is 0 Å². The van der Waals surface area contributed by atoms with E-state index < -0.39 is 16.6 Å². The van der Waals surface area contributed by atoms with E-state index in [1.54, 1.807) is 0 Å². The Morgan fingerprint density at radius 2 is 1.27 bits per heavy atom. The van der Waals surface area contributed by atoms with Crippen molar-refractivity contribution in [2.75, 3.05) is 0 Å². The number of ether oxygens (including phenoxy) is 1. The second-order valence-electron chi connectivity index (χ2n) is 11.3. The van der Waals surface area contributed by atoms with Crippen LogP contribution in [0, 0.1) is 0 Å². The first-order valence-electron chi connectivity index (χ1n) is 11.2. The van der Waals surface area contributed by atoms with Gasteiger partial charge < -0.3 is 13.6 Å². The van der Waals surface area contributed by atoms with E-state index in [1.165, 1.54) is 0 Å². The smallest absolute Gasteiger partial charge is 0.306 e. The van der Waals surface area contributed by atoms with Crippen molar-refractivity contribution in [2.45, 2.75) is 111 Å². The van der Waals surface area contributed by atoms with Crippen molar-refractivity contribution in [1.29, 1.82) is 0 Å². The highest BCUT2D eigenvalue weighted by Crippen LogP contribution is 2.40. The summed E-state index contributed by atoms with van der Waals surface area (Å²) in [5.41, 5.74) is 0.907. The van der Waals surface area contributed by atoms with Gasteiger partial charge >= 0.3 is 5.97 Å². The lowest BCUT2D eigenvalue weighted by Crippen LogP contribution is -2.44. The lowest BCUT2D eigenvalue weighted by molar-refractivity contribution is -0.145. The van der Waals surface area contributed by atoms with Gasteiger partial charge in [0.2, 0.25) is 16.6 Å². The molecular weight excluding hydrogens is 408 g/mol. The van der Waals surface area contributed by atoms with Crippen LogP contribution in [0.4, 0.5) is 0 Å². The predicted molar refractivity (Wildman–Crippen MR) is 131 cm³/mol. The molecule has 0 N–H and O–H groups in total. The summed E-state index contributed by atoms with van der Waals surface area (Å²) in [4.78, 5) is 12.0. The molecule has 0 heterocycles. The third-order valence-electron chi connectivity index (χ3n) is 6.43. The molecule has 0 radical (unpaired) electrons. The predicted octanol–water partition coefficient (Wildman–Crippen LogP) is 7.69. The van der Waals surface area contributed by atoms with Crippen LogP contribution < -0.4 is 8.85 Å². The quantitative estimate of drug-likeness (QED) is 0.284. The second kappa shape index (κ2) is 9.90. The Bertz CT molecular complexity index is 667. The Labute approximate surface area is 187 Å². The van der Waals surface area contributed by atoms with E-state index in [0.717, 1.165) is 29.9 Å². The molecule has 6 heteroatoms. The average molecular weight is 453 g/mol. The summed E-state index contributed by atoms with van der Waals surface area (Å²) in [5.74, 6) is 1.45. The Morgan fingerprint density at radius 3 is 1.63 bits per heavy atom. The van der Waals surface area contributed by atoms with E-state index in [9.17, 15) is 4.79 Å². The van der Waals surface area contributed by atoms with Crippen molar-refractivity contribution in [3.8, 4) is 11.5 Å². The molecule has 0 saturated carbocycles. The molecule has 0 aliphatic heterocycles. The second-order valence-corrected chi connectivity index (χ2v) is 20.8. The number of esters is 1. The Balaban J connectivity index is 3.19. The molecule has 172 valence electrons. The first-order chi connectivity index (χ1) is 13.5. The SMILES string of the molecule is CCCCC(=O)OCc1cc(O[Si](C)(C)C(C)(C)C)cc(O[Si](C)(C)C(C)(C)C)c1. The van der Waals surface area contributed by atoms with Gasteiger partial charge in [0, 0.05) is 12.5 Å². The Morgan fingerprint density at radius 1 is 0.833 bits per heavy atom. The standard InChI is InChI=1S/C24H44O4Si2/c1-12-13-14-22(25)26-18-19-15-20(27-29(8,9)23(2,3)4)17-21(16-19)28-30(10,11)24(5,6)7/h15-17H,12-14,18H2,1-11H3. The minimum absolute atomic E-state index is 0.0933. The van der Waals surface area contributed by atoms with Crippen LogP contribution in [0.1, 0.15) is 73.3 Å². The molecule has 0 aliphatic rings. The number of rotatable bonds is 9. The molecule has 0 saturated heterocycles. The summed E-state index contributed by atoms with van der Waals surface area (Å²) in [7, 11) is -4.00. The maximum atomic E-state index is 12.0. The zero-order valence-corrected chi connectivity index (χ0v) is 23.2. The fourth-order valence-electron chi connectivity index (χ4n) is 2.28. The zero-order valence-electron chi connectivity index (χ0n) is 21.2.